The summed E-state index contributed by atoms with van der Waals surface area (Å²) < 4.78 is 32.7. The van der Waals surface area contributed by atoms with Crippen LogP contribution in [0.2, 0.25) is 0 Å². The SMILES string of the molecule is COc1cc(C(=O)O)ccc1NS(=O)(=O)c1cnc(C#Cc2ccccc2)s1. The van der Waals surface area contributed by atoms with Crippen molar-refractivity contribution in [2.24, 2.45) is 0 Å². The van der Waals surface area contributed by atoms with Crippen molar-refractivity contribution in [3.05, 3.63) is 70.9 Å². The molecular formula is C19H14N2O5S2. The van der Waals surface area contributed by atoms with Crippen LogP contribution in [0.4, 0.5) is 5.69 Å². The topological polar surface area (TPSA) is 106 Å². The predicted octanol–water partition coefficient (Wildman–Crippen LogP) is 3.05. The third-order valence-corrected chi connectivity index (χ3v) is 6.27. The first kappa shape index (κ1) is 19.4. The summed E-state index contributed by atoms with van der Waals surface area (Å²) in [5.41, 5.74) is 0.900. The normalized spacial score (nSPS) is 10.6. The molecule has 0 bridgehead atoms. The van der Waals surface area contributed by atoms with Gasteiger partial charge in [-0.2, -0.15) is 0 Å². The van der Waals surface area contributed by atoms with Gasteiger partial charge in [-0.1, -0.05) is 35.5 Å². The van der Waals surface area contributed by atoms with Crippen LogP contribution in [0.15, 0.2) is 58.9 Å². The van der Waals surface area contributed by atoms with E-state index in [9.17, 15) is 13.2 Å². The lowest BCUT2D eigenvalue weighted by Crippen LogP contribution is -2.12. The summed E-state index contributed by atoms with van der Waals surface area (Å²) in [5.74, 6) is 4.71. The maximum Gasteiger partial charge on any atom is 0.335 e. The first-order valence-corrected chi connectivity index (χ1v) is 10.2. The van der Waals surface area contributed by atoms with E-state index >= 15 is 0 Å². The molecule has 1 aromatic heterocycles. The van der Waals surface area contributed by atoms with Gasteiger partial charge in [-0.3, -0.25) is 4.72 Å². The van der Waals surface area contributed by atoms with Crippen molar-refractivity contribution in [2.75, 3.05) is 11.8 Å². The molecule has 0 amide bonds. The summed E-state index contributed by atoms with van der Waals surface area (Å²) >= 11 is 0.930. The Kier molecular flexibility index (Phi) is 5.63. The fraction of sp³-hybridized carbons (Fsp3) is 0.0526. The molecule has 0 atom stereocenters. The lowest BCUT2D eigenvalue weighted by atomic mass is 10.2. The molecule has 0 saturated carbocycles. The third-order valence-electron chi connectivity index (χ3n) is 3.53. The molecule has 3 rings (SSSR count). The van der Waals surface area contributed by atoms with E-state index in [-0.39, 0.29) is 21.2 Å². The molecule has 0 saturated heterocycles. The first-order valence-electron chi connectivity index (χ1n) is 7.86. The molecule has 0 aliphatic rings. The summed E-state index contributed by atoms with van der Waals surface area (Å²) in [6.07, 6.45) is 1.22. The van der Waals surface area contributed by atoms with Gasteiger partial charge in [0.2, 0.25) is 0 Å². The van der Waals surface area contributed by atoms with Gasteiger partial charge in [0.05, 0.1) is 24.6 Å². The fourth-order valence-electron chi connectivity index (χ4n) is 2.19. The number of hydrogen-bond acceptors (Lipinski definition) is 6. The van der Waals surface area contributed by atoms with E-state index in [4.69, 9.17) is 9.84 Å². The molecule has 0 aliphatic heterocycles. The second-order valence-electron chi connectivity index (χ2n) is 5.43. The number of nitrogens with one attached hydrogen (secondary N) is 1. The second kappa shape index (κ2) is 8.12. The number of benzene rings is 2. The highest BCUT2D eigenvalue weighted by Crippen LogP contribution is 2.29. The van der Waals surface area contributed by atoms with Gasteiger partial charge in [-0.25, -0.2) is 18.2 Å². The van der Waals surface area contributed by atoms with Crippen molar-refractivity contribution >= 4 is 33.0 Å². The predicted molar refractivity (Wildman–Crippen MR) is 105 cm³/mol. The van der Waals surface area contributed by atoms with Gasteiger partial charge in [0.15, 0.2) is 9.22 Å². The Balaban J connectivity index is 1.84. The largest absolute Gasteiger partial charge is 0.495 e. The summed E-state index contributed by atoms with van der Waals surface area (Å²) in [6.45, 7) is 0. The van der Waals surface area contributed by atoms with Crippen molar-refractivity contribution in [1.82, 2.24) is 4.98 Å². The molecule has 7 nitrogen and oxygen atoms in total. The highest BCUT2D eigenvalue weighted by molar-refractivity contribution is 7.94. The molecule has 9 heteroatoms. The number of ether oxygens (including phenoxy) is 1. The van der Waals surface area contributed by atoms with Crippen LogP contribution in [0.3, 0.4) is 0 Å². The van der Waals surface area contributed by atoms with E-state index in [0.29, 0.717) is 5.01 Å². The van der Waals surface area contributed by atoms with Gasteiger partial charge in [0.1, 0.15) is 5.75 Å². The number of aromatic carboxylic acids is 1. The highest BCUT2D eigenvalue weighted by atomic mass is 32.2. The number of carboxylic acids is 1. The van der Waals surface area contributed by atoms with Crippen molar-refractivity contribution in [3.8, 4) is 17.6 Å². The molecule has 0 spiro atoms. The Hall–Kier alpha value is -3.35. The zero-order chi connectivity index (χ0) is 20.1. The monoisotopic (exact) mass is 414 g/mol. The summed E-state index contributed by atoms with van der Waals surface area (Å²) in [7, 11) is -2.61. The standard InChI is InChI=1S/C19H14N2O5S2/c1-26-16-11-14(19(22)23)8-9-15(16)21-28(24,25)18-12-20-17(27-18)10-7-13-5-3-2-4-6-13/h2-6,8-9,11-12,21H,1H3,(H,22,23). The van der Waals surface area contributed by atoms with Crippen LogP contribution in [0.5, 0.6) is 5.75 Å². The van der Waals surface area contributed by atoms with Gasteiger partial charge in [-0.15, -0.1) is 0 Å². The molecule has 0 unspecified atom stereocenters. The molecule has 2 N–H and O–H groups in total. The summed E-state index contributed by atoms with van der Waals surface area (Å²) in [4.78, 5) is 15.1. The minimum absolute atomic E-state index is 0.0175. The number of anilines is 1. The number of thiazole rings is 1. The van der Waals surface area contributed by atoms with Gasteiger partial charge < -0.3 is 9.84 Å². The van der Waals surface area contributed by atoms with Crippen molar-refractivity contribution < 1.29 is 23.1 Å². The lowest BCUT2D eigenvalue weighted by Gasteiger charge is -2.11. The molecule has 2 aromatic carbocycles. The maximum atomic E-state index is 12.6. The average Bonchev–Trinajstić information content (AvgIpc) is 3.17. The molecule has 3 aromatic rings. The van der Waals surface area contributed by atoms with Crippen LogP contribution in [0.25, 0.3) is 0 Å². The van der Waals surface area contributed by atoms with E-state index in [0.717, 1.165) is 16.9 Å². The zero-order valence-corrected chi connectivity index (χ0v) is 16.2. The first-order chi connectivity index (χ1) is 13.4. The minimum Gasteiger partial charge on any atom is -0.495 e. The van der Waals surface area contributed by atoms with Gasteiger partial charge in [0.25, 0.3) is 10.0 Å². The smallest absolute Gasteiger partial charge is 0.335 e. The lowest BCUT2D eigenvalue weighted by molar-refractivity contribution is 0.0696. The molecular weight excluding hydrogens is 400 g/mol. The number of carbonyl (C=O) groups is 1. The van der Waals surface area contributed by atoms with E-state index in [1.807, 2.05) is 30.3 Å². The van der Waals surface area contributed by atoms with Crippen molar-refractivity contribution in [2.45, 2.75) is 4.21 Å². The summed E-state index contributed by atoms with van der Waals surface area (Å²) in [5, 5.41) is 9.39. The van der Waals surface area contributed by atoms with E-state index in [2.05, 4.69) is 21.5 Å². The maximum absolute atomic E-state index is 12.6. The zero-order valence-electron chi connectivity index (χ0n) is 14.5. The Bertz CT molecular complexity index is 1180. The molecule has 1 heterocycles. The number of carboxylic acid groups (broad SMARTS) is 1. The van der Waals surface area contributed by atoms with E-state index in [1.54, 1.807) is 0 Å². The number of aromatic nitrogens is 1. The Morgan fingerprint density at radius 2 is 1.93 bits per heavy atom. The Morgan fingerprint density at radius 1 is 1.18 bits per heavy atom. The van der Waals surface area contributed by atoms with Crippen LogP contribution in [-0.4, -0.2) is 31.6 Å². The molecule has 142 valence electrons. The Morgan fingerprint density at radius 3 is 2.61 bits per heavy atom. The van der Waals surface area contributed by atoms with Gasteiger partial charge >= 0.3 is 5.97 Å². The molecule has 0 aliphatic carbocycles. The highest BCUT2D eigenvalue weighted by Gasteiger charge is 2.20. The third kappa shape index (κ3) is 4.49. The van der Waals surface area contributed by atoms with Crippen molar-refractivity contribution in [1.29, 1.82) is 0 Å². The van der Waals surface area contributed by atoms with E-state index in [1.165, 1.54) is 31.5 Å². The number of sulfonamides is 1. The number of methoxy groups -OCH3 is 1. The number of nitrogens with zero attached hydrogens (tertiary/aromatic N) is 1. The minimum atomic E-state index is -3.93. The number of hydrogen-bond donors (Lipinski definition) is 2. The van der Waals surface area contributed by atoms with Crippen LogP contribution in [-0.2, 0) is 10.0 Å². The Labute approximate surface area is 165 Å². The van der Waals surface area contributed by atoms with Crippen LogP contribution >= 0.6 is 11.3 Å². The average molecular weight is 414 g/mol. The fourth-order valence-corrected chi connectivity index (χ4v) is 4.25. The molecule has 0 radical (unpaired) electrons. The van der Waals surface area contributed by atoms with Gasteiger partial charge in [0, 0.05) is 5.56 Å². The van der Waals surface area contributed by atoms with Crippen LogP contribution < -0.4 is 9.46 Å². The molecule has 0 fully saturated rings. The van der Waals surface area contributed by atoms with Crippen LogP contribution in [0.1, 0.15) is 20.9 Å². The molecule has 28 heavy (non-hydrogen) atoms. The van der Waals surface area contributed by atoms with Gasteiger partial charge in [-0.05, 0) is 36.3 Å². The van der Waals surface area contributed by atoms with Crippen molar-refractivity contribution in [3.63, 3.8) is 0 Å². The quantitative estimate of drug-likeness (QED) is 0.622. The second-order valence-corrected chi connectivity index (χ2v) is 8.37. The number of rotatable bonds is 5. The van der Waals surface area contributed by atoms with Crippen LogP contribution in [0, 0.1) is 11.8 Å². The van der Waals surface area contributed by atoms with E-state index < -0.39 is 16.0 Å². The summed E-state index contributed by atoms with van der Waals surface area (Å²) in [6, 6.07) is 13.1.